The van der Waals surface area contributed by atoms with E-state index in [-0.39, 0.29) is 25.4 Å². The van der Waals surface area contributed by atoms with Crippen LogP contribution in [0, 0.1) is 0 Å². The highest BCUT2D eigenvalue weighted by atomic mass is 19.1. The Bertz CT molecular complexity index is 1580. The molecular weight excluding hydrogens is 461 g/mol. The van der Waals surface area contributed by atoms with Crippen molar-refractivity contribution in [3.63, 3.8) is 0 Å². The van der Waals surface area contributed by atoms with Gasteiger partial charge in [0.05, 0.1) is 30.7 Å². The first-order chi connectivity index (χ1) is 17.5. The van der Waals surface area contributed by atoms with Crippen LogP contribution in [0.4, 0.5) is 10.1 Å². The number of aromatic amines is 1. The van der Waals surface area contributed by atoms with Gasteiger partial charge in [0.1, 0.15) is 18.8 Å². The third-order valence-corrected chi connectivity index (χ3v) is 6.58. The van der Waals surface area contributed by atoms with E-state index >= 15 is 0 Å². The zero-order valence-electron chi connectivity index (χ0n) is 19.1. The van der Waals surface area contributed by atoms with Gasteiger partial charge < -0.3 is 14.8 Å². The molecule has 1 aliphatic heterocycles. The average Bonchev–Trinajstić information content (AvgIpc) is 3.62. The predicted octanol–water partition coefficient (Wildman–Crippen LogP) is 3.55. The van der Waals surface area contributed by atoms with E-state index in [0.29, 0.717) is 5.69 Å². The number of rotatable bonds is 5. The monoisotopic (exact) mass is 483 g/mol. The maximum atomic E-state index is 14.4. The molecule has 3 aromatic heterocycles. The Hall–Kier alpha value is -4.60. The van der Waals surface area contributed by atoms with Crippen molar-refractivity contribution in [3.8, 4) is 11.1 Å². The SMILES string of the molecule is O=C(Nc1ccc2cn[nH]c2c1)C1CC(F)CN1C(=O)Cn1ccc2cc(-c3ccnnc3)ccc21. The van der Waals surface area contributed by atoms with Gasteiger partial charge in [-0.05, 0) is 48.0 Å². The number of carbonyl (C=O) groups is 2. The van der Waals surface area contributed by atoms with Gasteiger partial charge in [-0.25, -0.2) is 4.39 Å². The van der Waals surface area contributed by atoms with Crippen molar-refractivity contribution in [1.82, 2.24) is 29.9 Å². The van der Waals surface area contributed by atoms with Gasteiger partial charge in [-0.15, -0.1) is 0 Å². The Morgan fingerprint density at radius 2 is 1.94 bits per heavy atom. The Labute approximate surface area is 204 Å². The fourth-order valence-electron chi connectivity index (χ4n) is 4.76. The normalized spacial score (nSPS) is 17.6. The molecule has 0 radical (unpaired) electrons. The minimum atomic E-state index is -1.25. The summed E-state index contributed by atoms with van der Waals surface area (Å²) in [5, 5.41) is 19.3. The number of hydrogen-bond acceptors (Lipinski definition) is 5. The molecule has 10 heteroatoms. The summed E-state index contributed by atoms with van der Waals surface area (Å²) >= 11 is 0. The van der Waals surface area contributed by atoms with Gasteiger partial charge in [0, 0.05) is 40.2 Å². The van der Waals surface area contributed by atoms with Crippen molar-refractivity contribution < 1.29 is 14.0 Å². The van der Waals surface area contributed by atoms with E-state index in [9.17, 15) is 14.0 Å². The third-order valence-electron chi connectivity index (χ3n) is 6.58. The Morgan fingerprint density at radius 3 is 2.81 bits per heavy atom. The number of hydrogen-bond donors (Lipinski definition) is 2. The molecule has 0 spiro atoms. The summed E-state index contributed by atoms with van der Waals surface area (Å²) in [6.45, 7) is -0.0921. The number of nitrogens with zero attached hydrogens (tertiary/aromatic N) is 5. The van der Waals surface area contributed by atoms with Crippen molar-refractivity contribution in [2.45, 2.75) is 25.2 Å². The molecule has 2 N–H and O–H groups in total. The summed E-state index contributed by atoms with van der Waals surface area (Å²) in [5.74, 6) is -0.713. The number of alkyl halides is 1. The standard InChI is InChI=1S/C26H22FN7O2/c27-20-10-24(26(36)31-21-3-1-19-13-30-32-22(19)11-21)34(14-20)25(35)15-33-8-6-17-9-16(2-4-23(17)33)18-5-7-28-29-12-18/h1-9,11-13,20,24H,10,14-15H2,(H,30,32)(H,31,36). The van der Waals surface area contributed by atoms with Crippen LogP contribution in [0.25, 0.3) is 32.9 Å². The molecule has 180 valence electrons. The number of carbonyl (C=O) groups excluding carboxylic acids is 2. The molecule has 1 aliphatic rings. The van der Waals surface area contributed by atoms with Crippen molar-refractivity contribution in [2.75, 3.05) is 11.9 Å². The second-order valence-electron chi connectivity index (χ2n) is 8.90. The molecule has 0 saturated carbocycles. The maximum absolute atomic E-state index is 14.4. The van der Waals surface area contributed by atoms with Crippen LogP contribution in [0.2, 0.25) is 0 Å². The number of anilines is 1. The summed E-state index contributed by atoms with van der Waals surface area (Å²) in [4.78, 5) is 27.6. The largest absolute Gasteiger partial charge is 0.338 e. The van der Waals surface area contributed by atoms with Crippen molar-refractivity contribution >= 4 is 39.3 Å². The van der Waals surface area contributed by atoms with Gasteiger partial charge in [-0.2, -0.15) is 15.3 Å². The number of fused-ring (bicyclic) bond motifs is 2. The Morgan fingerprint density at radius 1 is 1.03 bits per heavy atom. The van der Waals surface area contributed by atoms with Crippen LogP contribution < -0.4 is 5.32 Å². The molecular formula is C26H22FN7O2. The molecule has 0 bridgehead atoms. The molecule has 9 nitrogen and oxygen atoms in total. The second kappa shape index (κ2) is 8.88. The number of aromatic nitrogens is 5. The van der Waals surface area contributed by atoms with Gasteiger partial charge in [-0.3, -0.25) is 14.7 Å². The van der Waals surface area contributed by atoms with E-state index in [1.165, 1.54) is 4.90 Å². The predicted molar refractivity (Wildman–Crippen MR) is 133 cm³/mol. The first kappa shape index (κ1) is 21.9. The third kappa shape index (κ3) is 4.06. The molecule has 2 aromatic carbocycles. The first-order valence-electron chi connectivity index (χ1n) is 11.6. The minimum Gasteiger partial charge on any atom is -0.338 e. The van der Waals surface area contributed by atoms with Crippen LogP contribution in [-0.2, 0) is 16.1 Å². The van der Waals surface area contributed by atoms with Gasteiger partial charge in [0.15, 0.2) is 0 Å². The molecule has 4 heterocycles. The van der Waals surface area contributed by atoms with Crippen LogP contribution >= 0.6 is 0 Å². The average molecular weight is 484 g/mol. The van der Waals surface area contributed by atoms with Crippen LogP contribution in [0.1, 0.15) is 6.42 Å². The fourth-order valence-corrected chi connectivity index (χ4v) is 4.76. The number of amides is 2. The summed E-state index contributed by atoms with van der Waals surface area (Å²) < 4.78 is 16.2. The summed E-state index contributed by atoms with van der Waals surface area (Å²) in [7, 11) is 0. The number of nitrogens with one attached hydrogen (secondary N) is 2. The lowest BCUT2D eigenvalue weighted by Gasteiger charge is -2.24. The highest BCUT2D eigenvalue weighted by Gasteiger charge is 2.39. The van der Waals surface area contributed by atoms with E-state index in [0.717, 1.165) is 32.9 Å². The van der Waals surface area contributed by atoms with Crippen molar-refractivity contribution in [3.05, 3.63) is 73.3 Å². The smallest absolute Gasteiger partial charge is 0.247 e. The zero-order chi connectivity index (χ0) is 24.6. The van der Waals surface area contributed by atoms with Gasteiger partial charge in [0.2, 0.25) is 11.8 Å². The molecule has 5 aromatic rings. The van der Waals surface area contributed by atoms with Crippen LogP contribution in [0.5, 0.6) is 0 Å². The first-order valence-corrected chi connectivity index (χ1v) is 11.6. The molecule has 1 saturated heterocycles. The topological polar surface area (TPSA) is 109 Å². The van der Waals surface area contributed by atoms with E-state index in [4.69, 9.17) is 0 Å². The van der Waals surface area contributed by atoms with E-state index in [1.807, 2.05) is 47.2 Å². The lowest BCUT2D eigenvalue weighted by molar-refractivity contribution is -0.137. The summed E-state index contributed by atoms with van der Waals surface area (Å²) in [5.41, 5.74) is 4.15. The van der Waals surface area contributed by atoms with E-state index in [1.54, 1.807) is 30.7 Å². The highest BCUT2D eigenvalue weighted by Crippen LogP contribution is 2.27. The summed E-state index contributed by atoms with van der Waals surface area (Å²) in [6, 6.07) is 14.2. The molecule has 0 aliphatic carbocycles. The summed E-state index contributed by atoms with van der Waals surface area (Å²) in [6.07, 6.45) is 5.57. The highest BCUT2D eigenvalue weighted by molar-refractivity contribution is 5.99. The molecule has 2 atom stereocenters. The molecule has 36 heavy (non-hydrogen) atoms. The fraction of sp³-hybridized carbons (Fsp3) is 0.192. The second-order valence-corrected chi connectivity index (χ2v) is 8.90. The molecule has 2 unspecified atom stereocenters. The number of halogens is 1. The van der Waals surface area contributed by atoms with Crippen molar-refractivity contribution in [1.29, 1.82) is 0 Å². The number of likely N-dealkylation sites (tertiary alicyclic amines) is 1. The number of benzene rings is 2. The van der Waals surface area contributed by atoms with E-state index in [2.05, 4.69) is 25.7 Å². The zero-order valence-corrected chi connectivity index (χ0v) is 19.1. The van der Waals surface area contributed by atoms with Crippen molar-refractivity contribution in [2.24, 2.45) is 0 Å². The lowest BCUT2D eigenvalue weighted by atomic mass is 10.1. The van der Waals surface area contributed by atoms with Crippen LogP contribution in [0.15, 0.2) is 73.3 Å². The van der Waals surface area contributed by atoms with Gasteiger partial charge >= 0.3 is 0 Å². The van der Waals surface area contributed by atoms with Crippen LogP contribution in [0.3, 0.4) is 0 Å². The van der Waals surface area contributed by atoms with E-state index < -0.39 is 18.1 Å². The molecule has 6 rings (SSSR count). The molecule has 1 fully saturated rings. The Balaban J connectivity index is 1.19. The maximum Gasteiger partial charge on any atom is 0.247 e. The lowest BCUT2D eigenvalue weighted by Crippen LogP contribution is -2.44. The van der Waals surface area contributed by atoms with Crippen LogP contribution in [-0.4, -0.2) is 60.4 Å². The van der Waals surface area contributed by atoms with Gasteiger partial charge in [-0.1, -0.05) is 6.07 Å². The van der Waals surface area contributed by atoms with Gasteiger partial charge in [0.25, 0.3) is 0 Å². The molecule has 2 amide bonds. The number of H-pyrrole nitrogens is 1. The quantitative estimate of drug-likeness (QED) is 0.397. The Kier molecular flexibility index (Phi) is 5.40. The minimum absolute atomic E-state index is 0.0102.